The molecular weight excluding hydrogens is 390 g/mol. The van der Waals surface area contributed by atoms with E-state index in [2.05, 4.69) is 61.2 Å². The fourth-order valence-corrected chi connectivity index (χ4v) is 3.82. The summed E-state index contributed by atoms with van der Waals surface area (Å²) in [5.41, 5.74) is 6.14. The summed E-state index contributed by atoms with van der Waals surface area (Å²) in [5.74, 6) is 0.825. The van der Waals surface area contributed by atoms with Crippen molar-refractivity contribution in [1.82, 2.24) is 19.3 Å². The van der Waals surface area contributed by atoms with Crippen LogP contribution >= 0.6 is 15.9 Å². The molecule has 0 N–H and O–H groups in total. The zero-order chi connectivity index (χ0) is 17.7. The first-order valence-electron chi connectivity index (χ1n) is 8.13. The highest BCUT2D eigenvalue weighted by atomic mass is 79.9. The summed E-state index contributed by atoms with van der Waals surface area (Å²) in [4.78, 5) is 0. The molecule has 0 spiro atoms. The Hall–Kier alpha value is -3.17. The second-order valence-corrected chi connectivity index (χ2v) is 7.14. The van der Waals surface area contributed by atoms with E-state index in [4.69, 9.17) is 5.26 Å². The highest BCUT2D eigenvalue weighted by molar-refractivity contribution is 9.10. The van der Waals surface area contributed by atoms with E-state index in [0.717, 1.165) is 39.4 Å². The van der Waals surface area contributed by atoms with Gasteiger partial charge in [0.05, 0.1) is 23.0 Å². The second-order valence-electron chi connectivity index (χ2n) is 6.23. The summed E-state index contributed by atoms with van der Waals surface area (Å²) in [5, 5.41) is 17.5. The van der Waals surface area contributed by atoms with Crippen molar-refractivity contribution in [2.75, 3.05) is 0 Å². The second kappa shape index (κ2) is 5.68. The molecule has 0 unspecified atom stereocenters. The van der Waals surface area contributed by atoms with E-state index >= 15 is 0 Å². The van der Waals surface area contributed by atoms with Crippen molar-refractivity contribution >= 4 is 15.9 Å². The number of fused-ring (bicyclic) bond motifs is 5. The van der Waals surface area contributed by atoms with Crippen LogP contribution in [-0.4, -0.2) is 19.3 Å². The molecule has 0 bridgehead atoms. The molecule has 3 heterocycles. The minimum Gasteiger partial charge on any atom is -0.340 e. The standard InChI is InChI=1S/C20H12BrN5/c21-17-5-6-18-16(7-17)11-25-10-15(14-3-1-13(9-22)2-4-14)8-19(25)20-24-23-12-26(18)20/h1-8,10,12H,11H2. The van der Waals surface area contributed by atoms with Gasteiger partial charge in [0.1, 0.15) is 6.33 Å². The van der Waals surface area contributed by atoms with Crippen LogP contribution in [0.2, 0.25) is 0 Å². The van der Waals surface area contributed by atoms with Crippen LogP contribution < -0.4 is 0 Å². The van der Waals surface area contributed by atoms with Gasteiger partial charge < -0.3 is 4.57 Å². The van der Waals surface area contributed by atoms with Crippen molar-refractivity contribution in [3.05, 3.63) is 76.7 Å². The lowest BCUT2D eigenvalue weighted by Gasteiger charge is -2.09. The van der Waals surface area contributed by atoms with Gasteiger partial charge in [0.15, 0.2) is 5.82 Å². The van der Waals surface area contributed by atoms with Crippen LogP contribution in [0.1, 0.15) is 11.1 Å². The van der Waals surface area contributed by atoms with Gasteiger partial charge in [-0.1, -0.05) is 28.1 Å². The normalized spacial score (nSPS) is 11.8. The quantitative estimate of drug-likeness (QED) is 0.418. The molecule has 6 heteroatoms. The van der Waals surface area contributed by atoms with Gasteiger partial charge in [0.2, 0.25) is 0 Å². The molecule has 5 rings (SSSR count). The number of benzene rings is 2. The van der Waals surface area contributed by atoms with E-state index in [1.165, 1.54) is 5.56 Å². The highest BCUT2D eigenvalue weighted by Gasteiger charge is 2.22. The first-order valence-corrected chi connectivity index (χ1v) is 8.92. The van der Waals surface area contributed by atoms with E-state index in [0.29, 0.717) is 5.56 Å². The molecule has 0 amide bonds. The lowest BCUT2D eigenvalue weighted by Crippen LogP contribution is -1.99. The third kappa shape index (κ3) is 2.29. The first-order chi connectivity index (χ1) is 12.7. The van der Waals surface area contributed by atoms with E-state index in [1.54, 1.807) is 6.33 Å². The van der Waals surface area contributed by atoms with Gasteiger partial charge in [0, 0.05) is 22.8 Å². The van der Waals surface area contributed by atoms with Crippen LogP contribution in [0, 0.1) is 11.3 Å². The first kappa shape index (κ1) is 15.1. The summed E-state index contributed by atoms with van der Waals surface area (Å²) >= 11 is 3.57. The summed E-state index contributed by atoms with van der Waals surface area (Å²) in [6, 6.07) is 18.2. The van der Waals surface area contributed by atoms with Crippen molar-refractivity contribution < 1.29 is 0 Å². The number of hydrogen-bond donors (Lipinski definition) is 0. The number of nitriles is 1. The van der Waals surface area contributed by atoms with Gasteiger partial charge in [-0.3, -0.25) is 4.57 Å². The Balaban J connectivity index is 1.68. The Morgan fingerprint density at radius 3 is 2.69 bits per heavy atom. The zero-order valence-electron chi connectivity index (χ0n) is 13.6. The fourth-order valence-electron chi connectivity index (χ4n) is 3.41. The van der Waals surface area contributed by atoms with Crippen molar-refractivity contribution in [2.24, 2.45) is 0 Å². The third-order valence-corrected chi connectivity index (χ3v) is 5.16. The van der Waals surface area contributed by atoms with Gasteiger partial charge >= 0.3 is 0 Å². The van der Waals surface area contributed by atoms with Gasteiger partial charge in [-0.15, -0.1) is 10.2 Å². The maximum atomic E-state index is 8.99. The van der Waals surface area contributed by atoms with Crippen LogP contribution in [0.4, 0.5) is 0 Å². The molecule has 0 radical (unpaired) electrons. The third-order valence-electron chi connectivity index (χ3n) is 4.66. The number of nitrogens with zero attached hydrogens (tertiary/aromatic N) is 5. The molecule has 1 aliphatic heterocycles. The average molecular weight is 402 g/mol. The Morgan fingerprint density at radius 1 is 1.04 bits per heavy atom. The topological polar surface area (TPSA) is 59.4 Å². The van der Waals surface area contributed by atoms with Gasteiger partial charge in [-0.2, -0.15) is 5.26 Å². The van der Waals surface area contributed by atoms with Crippen molar-refractivity contribution in [1.29, 1.82) is 5.26 Å². The maximum Gasteiger partial charge on any atom is 0.185 e. The molecule has 0 fully saturated rings. The molecule has 0 saturated heterocycles. The number of aromatic nitrogens is 4. The molecule has 0 atom stereocenters. The minimum atomic E-state index is 0.660. The number of rotatable bonds is 1. The molecule has 2 aromatic heterocycles. The summed E-state index contributed by atoms with van der Waals surface area (Å²) in [6.07, 6.45) is 3.89. The van der Waals surface area contributed by atoms with Gasteiger partial charge in [-0.25, -0.2) is 0 Å². The molecule has 1 aliphatic rings. The van der Waals surface area contributed by atoms with Crippen LogP contribution in [0.25, 0.3) is 28.3 Å². The van der Waals surface area contributed by atoms with Crippen molar-refractivity contribution in [3.8, 4) is 34.4 Å². The van der Waals surface area contributed by atoms with Gasteiger partial charge in [-0.05, 0) is 47.5 Å². The van der Waals surface area contributed by atoms with E-state index < -0.39 is 0 Å². The van der Waals surface area contributed by atoms with Crippen LogP contribution in [-0.2, 0) is 6.54 Å². The molecule has 26 heavy (non-hydrogen) atoms. The molecule has 2 aromatic carbocycles. The lowest BCUT2D eigenvalue weighted by atomic mass is 10.1. The monoisotopic (exact) mass is 401 g/mol. The molecule has 124 valence electrons. The number of halogens is 1. The smallest absolute Gasteiger partial charge is 0.185 e. The number of hydrogen-bond acceptors (Lipinski definition) is 3. The van der Waals surface area contributed by atoms with E-state index in [1.807, 2.05) is 34.9 Å². The van der Waals surface area contributed by atoms with Crippen LogP contribution in [0.15, 0.2) is 65.5 Å². The molecule has 0 aliphatic carbocycles. The Labute approximate surface area is 158 Å². The van der Waals surface area contributed by atoms with Crippen LogP contribution in [0.5, 0.6) is 0 Å². The fraction of sp³-hybridized carbons (Fsp3) is 0.0500. The Kier molecular flexibility index (Phi) is 3.30. The predicted octanol–water partition coefficient (Wildman–Crippen LogP) is 4.40. The molecule has 4 aromatic rings. The molecule has 0 saturated carbocycles. The minimum absolute atomic E-state index is 0.660. The Bertz CT molecular complexity index is 1180. The van der Waals surface area contributed by atoms with E-state index in [9.17, 15) is 0 Å². The van der Waals surface area contributed by atoms with Gasteiger partial charge in [0.25, 0.3) is 0 Å². The Morgan fingerprint density at radius 2 is 1.88 bits per heavy atom. The summed E-state index contributed by atoms with van der Waals surface area (Å²) in [7, 11) is 0. The summed E-state index contributed by atoms with van der Waals surface area (Å²) < 4.78 is 5.28. The highest BCUT2D eigenvalue weighted by Crippen LogP contribution is 2.34. The predicted molar refractivity (Wildman–Crippen MR) is 102 cm³/mol. The largest absolute Gasteiger partial charge is 0.340 e. The SMILES string of the molecule is N#Cc1ccc(-c2cc3n(c2)Cc2cc(Br)ccc2-n2cnnc2-3)cc1. The maximum absolute atomic E-state index is 8.99. The van der Waals surface area contributed by atoms with E-state index in [-0.39, 0.29) is 0 Å². The molecule has 5 nitrogen and oxygen atoms in total. The zero-order valence-corrected chi connectivity index (χ0v) is 15.2. The summed E-state index contributed by atoms with van der Waals surface area (Å²) in [6.45, 7) is 0.754. The molecular formula is C20H12BrN5. The van der Waals surface area contributed by atoms with Crippen molar-refractivity contribution in [2.45, 2.75) is 6.54 Å². The average Bonchev–Trinajstić information content (AvgIpc) is 3.27. The van der Waals surface area contributed by atoms with Crippen molar-refractivity contribution in [3.63, 3.8) is 0 Å². The lowest BCUT2D eigenvalue weighted by molar-refractivity contribution is 0.816. The van der Waals surface area contributed by atoms with Crippen LogP contribution in [0.3, 0.4) is 0 Å².